The first-order valence-corrected chi connectivity index (χ1v) is 4.09. The van der Waals surface area contributed by atoms with Crippen LogP contribution < -0.4 is 5.32 Å². The van der Waals surface area contributed by atoms with Crippen molar-refractivity contribution in [1.82, 2.24) is 4.98 Å². The number of carboxylic acids is 1. The Kier molecular flexibility index (Phi) is 2.84. The van der Waals surface area contributed by atoms with Crippen LogP contribution in [0.3, 0.4) is 0 Å². The Morgan fingerprint density at radius 3 is 2.85 bits per heavy atom. The summed E-state index contributed by atoms with van der Waals surface area (Å²) in [7, 11) is 0. The van der Waals surface area contributed by atoms with Crippen LogP contribution in [0.1, 0.15) is 22.8 Å². The Labute approximate surface area is 76.6 Å². The maximum absolute atomic E-state index is 10.6. The summed E-state index contributed by atoms with van der Waals surface area (Å²) in [6, 6.07) is 1.73. The molecule has 4 heteroatoms. The van der Waals surface area contributed by atoms with E-state index in [4.69, 9.17) is 5.11 Å². The van der Waals surface area contributed by atoms with Gasteiger partial charge in [-0.3, -0.25) is 0 Å². The Morgan fingerprint density at radius 1 is 1.69 bits per heavy atom. The van der Waals surface area contributed by atoms with Gasteiger partial charge in [0.05, 0.1) is 5.56 Å². The zero-order valence-corrected chi connectivity index (χ0v) is 7.66. The van der Waals surface area contributed by atoms with Crippen molar-refractivity contribution >= 4 is 11.8 Å². The number of aromatic carboxylic acids is 1. The van der Waals surface area contributed by atoms with Crippen molar-refractivity contribution in [3.8, 4) is 0 Å². The molecule has 0 saturated carbocycles. The van der Waals surface area contributed by atoms with E-state index in [1.165, 1.54) is 6.20 Å². The number of rotatable bonds is 3. The molecule has 0 bridgehead atoms. The van der Waals surface area contributed by atoms with E-state index in [1.54, 1.807) is 13.0 Å². The highest BCUT2D eigenvalue weighted by molar-refractivity contribution is 5.89. The van der Waals surface area contributed by atoms with Crippen molar-refractivity contribution in [2.24, 2.45) is 0 Å². The monoisotopic (exact) mass is 180 g/mol. The molecule has 0 amide bonds. The summed E-state index contributed by atoms with van der Waals surface area (Å²) in [6.45, 7) is 4.49. The predicted octanol–water partition coefficient (Wildman–Crippen LogP) is 1.52. The maximum atomic E-state index is 10.6. The second-order valence-corrected chi connectivity index (χ2v) is 2.72. The summed E-state index contributed by atoms with van der Waals surface area (Å²) in [5.74, 6) is -0.224. The highest BCUT2D eigenvalue weighted by atomic mass is 16.4. The van der Waals surface area contributed by atoms with E-state index in [0.29, 0.717) is 5.82 Å². The largest absolute Gasteiger partial charge is 0.478 e. The van der Waals surface area contributed by atoms with Gasteiger partial charge in [-0.1, -0.05) is 0 Å². The average Bonchev–Trinajstić information content (AvgIpc) is 2.04. The molecule has 0 saturated heterocycles. The van der Waals surface area contributed by atoms with Crippen molar-refractivity contribution in [3.63, 3.8) is 0 Å². The molecule has 4 nitrogen and oxygen atoms in total. The summed E-state index contributed by atoms with van der Waals surface area (Å²) in [5.41, 5.74) is 0.972. The third-order valence-corrected chi connectivity index (χ3v) is 1.70. The number of nitrogens with zero attached hydrogens (tertiary/aromatic N) is 1. The molecular formula is C9H12N2O2. The number of aryl methyl sites for hydroxylation is 1. The van der Waals surface area contributed by atoms with Crippen molar-refractivity contribution in [3.05, 3.63) is 23.4 Å². The van der Waals surface area contributed by atoms with Crippen molar-refractivity contribution in [1.29, 1.82) is 0 Å². The minimum atomic E-state index is -0.937. The van der Waals surface area contributed by atoms with Gasteiger partial charge in [-0.15, -0.1) is 0 Å². The van der Waals surface area contributed by atoms with Crippen LogP contribution in [-0.2, 0) is 0 Å². The van der Waals surface area contributed by atoms with Gasteiger partial charge in [-0.05, 0) is 25.5 Å². The zero-order valence-electron chi connectivity index (χ0n) is 7.66. The Balaban J connectivity index is 2.98. The van der Waals surface area contributed by atoms with Gasteiger partial charge in [0, 0.05) is 12.7 Å². The van der Waals surface area contributed by atoms with Crippen LogP contribution in [0.5, 0.6) is 0 Å². The second kappa shape index (κ2) is 3.89. The highest BCUT2D eigenvalue weighted by Gasteiger charge is 2.07. The summed E-state index contributed by atoms with van der Waals surface area (Å²) in [6.07, 6.45) is 1.37. The van der Waals surface area contributed by atoms with Gasteiger partial charge in [0.1, 0.15) is 5.82 Å². The summed E-state index contributed by atoms with van der Waals surface area (Å²) in [4.78, 5) is 14.6. The first-order chi connectivity index (χ1) is 6.15. The zero-order chi connectivity index (χ0) is 9.84. The number of hydrogen-bond donors (Lipinski definition) is 2. The van der Waals surface area contributed by atoms with Crippen molar-refractivity contribution < 1.29 is 9.90 Å². The quantitative estimate of drug-likeness (QED) is 0.740. The molecule has 0 aliphatic rings. The molecule has 0 spiro atoms. The first kappa shape index (κ1) is 9.51. The fraction of sp³-hybridized carbons (Fsp3) is 0.333. The second-order valence-electron chi connectivity index (χ2n) is 2.72. The fourth-order valence-electron chi connectivity index (χ4n) is 1.06. The minimum absolute atomic E-state index is 0.252. The van der Waals surface area contributed by atoms with Gasteiger partial charge in [0.2, 0.25) is 0 Å². The summed E-state index contributed by atoms with van der Waals surface area (Å²) >= 11 is 0. The molecule has 13 heavy (non-hydrogen) atoms. The number of nitrogens with one attached hydrogen (secondary N) is 1. The van der Waals surface area contributed by atoms with E-state index >= 15 is 0 Å². The molecular weight excluding hydrogens is 168 g/mol. The molecule has 0 unspecified atom stereocenters. The summed E-state index contributed by atoms with van der Waals surface area (Å²) < 4.78 is 0. The molecule has 0 aliphatic heterocycles. The number of carboxylic acid groups (broad SMARTS) is 1. The fourth-order valence-corrected chi connectivity index (χ4v) is 1.06. The van der Waals surface area contributed by atoms with Gasteiger partial charge in [0.15, 0.2) is 0 Å². The Bertz CT molecular complexity index is 323. The molecule has 0 aromatic carbocycles. The maximum Gasteiger partial charge on any atom is 0.337 e. The molecule has 0 fully saturated rings. The van der Waals surface area contributed by atoms with Crippen molar-refractivity contribution in [2.75, 3.05) is 11.9 Å². The molecule has 1 aromatic rings. The van der Waals surface area contributed by atoms with Crippen LogP contribution >= 0.6 is 0 Å². The number of aromatic nitrogens is 1. The number of hydrogen-bond acceptors (Lipinski definition) is 3. The van der Waals surface area contributed by atoms with E-state index in [-0.39, 0.29) is 5.56 Å². The molecule has 2 N–H and O–H groups in total. The lowest BCUT2D eigenvalue weighted by molar-refractivity contribution is 0.0695. The van der Waals surface area contributed by atoms with Gasteiger partial charge in [-0.25, -0.2) is 9.78 Å². The number of anilines is 1. The lowest BCUT2D eigenvalue weighted by atomic mass is 10.1. The number of carbonyl (C=O) groups is 1. The molecule has 1 rings (SSSR count). The third-order valence-electron chi connectivity index (χ3n) is 1.70. The molecule has 0 aliphatic carbocycles. The van der Waals surface area contributed by atoms with Gasteiger partial charge in [-0.2, -0.15) is 0 Å². The van der Waals surface area contributed by atoms with Gasteiger partial charge < -0.3 is 10.4 Å². The molecule has 0 atom stereocenters. The van der Waals surface area contributed by atoms with Crippen LogP contribution in [0.2, 0.25) is 0 Å². The molecule has 0 radical (unpaired) electrons. The summed E-state index contributed by atoms with van der Waals surface area (Å²) in [5, 5.41) is 11.7. The van der Waals surface area contributed by atoms with E-state index in [2.05, 4.69) is 10.3 Å². The Morgan fingerprint density at radius 2 is 2.38 bits per heavy atom. The standard InChI is InChI=1S/C9H12N2O2/c1-3-10-8-4-6(2)7(5-11-8)9(12)13/h4-5H,3H2,1-2H3,(H,10,11)(H,12,13). The predicted molar refractivity (Wildman–Crippen MR) is 50.1 cm³/mol. The van der Waals surface area contributed by atoms with Crippen LogP contribution in [-0.4, -0.2) is 22.6 Å². The lowest BCUT2D eigenvalue weighted by Crippen LogP contribution is -2.04. The minimum Gasteiger partial charge on any atom is -0.478 e. The molecule has 70 valence electrons. The van der Waals surface area contributed by atoms with E-state index < -0.39 is 5.97 Å². The normalized spacial score (nSPS) is 9.69. The van der Waals surface area contributed by atoms with Gasteiger partial charge >= 0.3 is 5.97 Å². The lowest BCUT2D eigenvalue weighted by Gasteiger charge is -2.04. The number of pyridine rings is 1. The van der Waals surface area contributed by atoms with Crippen LogP contribution in [0.4, 0.5) is 5.82 Å². The van der Waals surface area contributed by atoms with Crippen LogP contribution in [0.25, 0.3) is 0 Å². The first-order valence-electron chi connectivity index (χ1n) is 4.09. The highest BCUT2D eigenvalue weighted by Crippen LogP contribution is 2.11. The van der Waals surface area contributed by atoms with Crippen LogP contribution in [0.15, 0.2) is 12.3 Å². The van der Waals surface area contributed by atoms with Gasteiger partial charge in [0.25, 0.3) is 0 Å². The van der Waals surface area contributed by atoms with Crippen LogP contribution in [0, 0.1) is 6.92 Å². The van der Waals surface area contributed by atoms with Crippen molar-refractivity contribution in [2.45, 2.75) is 13.8 Å². The average molecular weight is 180 g/mol. The smallest absolute Gasteiger partial charge is 0.337 e. The Hall–Kier alpha value is -1.58. The molecule has 1 heterocycles. The van der Waals surface area contributed by atoms with E-state index in [1.807, 2.05) is 6.92 Å². The van der Waals surface area contributed by atoms with E-state index in [0.717, 1.165) is 12.1 Å². The molecule has 1 aromatic heterocycles. The topological polar surface area (TPSA) is 62.2 Å². The van der Waals surface area contributed by atoms with E-state index in [9.17, 15) is 4.79 Å². The SMILES string of the molecule is CCNc1cc(C)c(C(=O)O)cn1. The third kappa shape index (κ3) is 2.18.